The molecule has 2 aliphatic heterocycles. The van der Waals surface area contributed by atoms with Gasteiger partial charge in [-0.1, -0.05) is 42.5 Å². The lowest BCUT2D eigenvalue weighted by Crippen LogP contribution is -2.59. The third-order valence-corrected chi connectivity index (χ3v) is 5.60. The van der Waals surface area contributed by atoms with Crippen LogP contribution in [0.1, 0.15) is 42.6 Å². The minimum absolute atomic E-state index is 0.00958. The molecule has 0 aliphatic carbocycles. The molecule has 1 saturated heterocycles. The lowest BCUT2D eigenvalue weighted by atomic mass is 9.86. The number of benzene rings is 2. The first-order valence-corrected chi connectivity index (χ1v) is 9.33. The molecule has 0 saturated carbocycles. The molecule has 2 aliphatic rings. The van der Waals surface area contributed by atoms with E-state index in [-0.39, 0.29) is 17.9 Å². The van der Waals surface area contributed by atoms with E-state index in [0.29, 0.717) is 24.9 Å². The molecule has 2 aromatic carbocycles. The zero-order valence-corrected chi connectivity index (χ0v) is 15.3. The molecule has 0 radical (unpaired) electrons. The van der Waals surface area contributed by atoms with Gasteiger partial charge in [0, 0.05) is 19.0 Å². The maximum Gasteiger partial charge on any atom is 0.256 e. The van der Waals surface area contributed by atoms with Gasteiger partial charge in [0.15, 0.2) is 0 Å². The highest BCUT2D eigenvalue weighted by atomic mass is 16.2. The van der Waals surface area contributed by atoms with E-state index in [4.69, 9.17) is 0 Å². The number of anilines is 1. The van der Waals surface area contributed by atoms with E-state index >= 15 is 0 Å². The van der Waals surface area contributed by atoms with Crippen LogP contribution in [0.2, 0.25) is 0 Å². The first-order valence-electron chi connectivity index (χ1n) is 9.33. The zero-order valence-electron chi connectivity index (χ0n) is 15.3. The van der Waals surface area contributed by atoms with Crippen LogP contribution in [0.5, 0.6) is 0 Å². The van der Waals surface area contributed by atoms with Crippen LogP contribution >= 0.6 is 0 Å². The Kier molecular flexibility index (Phi) is 4.06. The summed E-state index contributed by atoms with van der Waals surface area (Å²) >= 11 is 0. The van der Waals surface area contributed by atoms with Crippen molar-refractivity contribution in [1.82, 2.24) is 4.90 Å². The van der Waals surface area contributed by atoms with E-state index in [0.717, 1.165) is 17.7 Å². The molecule has 0 spiro atoms. The minimum atomic E-state index is -0.790. The van der Waals surface area contributed by atoms with E-state index in [1.165, 1.54) is 0 Å². The molecule has 0 unspecified atom stereocenters. The predicted molar refractivity (Wildman–Crippen MR) is 102 cm³/mol. The van der Waals surface area contributed by atoms with E-state index in [1.54, 1.807) is 0 Å². The van der Waals surface area contributed by atoms with E-state index in [1.807, 2.05) is 78.2 Å². The van der Waals surface area contributed by atoms with Gasteiger partial charge < -0.3 is 9.80 Å². The second-order valence-electron chi connectivity index (χ2n) is 7.54. The predicted octanol–water partition coefficient (Wildman–Crippen LogP) is 3.66. The summed E-state index contributed by atoms with van der Waals surface area (Å²) < 4.78 is 0. The van der Waals surface area contributed by atoms with Gasteiger partial charge in [-0.25, -0.2) is 0 Å². The monoisotopic (exact) mass is 348 g/mol. The molecule has 0 N–H and O–H groups in total. The number of carbonyl (C=O) groups is 2. The summed E-state index contributed by atoms with van der Waals surface area (Å²) in [6.07, 6.45) is 2.14. The van der Waals surface area contributed by atoms with Crippen molar-refractivity contribution in [3.05, 3.63) is 65.7 Å². The normalized spacial score (nSPS) is 22.4. The summed E-state index contributed by atoms with van der Waals surface area (Å²) in [6, 6.07) is 17.5. The molecule has 4 rings (SSSR count). The van der Waals surface area contributed by atoms with Crippen LogP contribution in [0.4, 0.5) is 5.69 Å². The van der Waals surface area contributed by atoms with Crippen LogP contribution in [-0.2, 0) is 11.2 Å². The summed E-state index contributed by atoms with van der Waals surface area (Å²) in [7, 11) is 0. The lowest BCUT2D eigenvalue weighted by Gasteiger charge is -2.39. The molecule has 134 valence electrons. The van der Waals surface area contributed by atoms with Gasteiger partial charge in [-0.3, -0.25) is 9.59 Å². The quantitative estimate of drug-likeness (QED) is 0.849. The van der Waals surface area contributed by atoms with Crippen molar-refractivity contribution in [3.63, 3.8) is 0 Å². The van der Waals surface area contributed by atoms with Crippen LogP contribution in [0.25, 0.3) is 0 Å². The molecule has 0 bridgehead atoms. The molecule has 1 fully saturated rings. The SMILES string of the molecule is CC(C)N1C(=O)[C@]2(Cc3ccccc3)CCCN2C(=O)c2ccccc21. The van der Waals surface area contributed by atoms with Gasteiger partial charge >= 0.3 is 0 Å². The van der Waals surface area contributed by atoms with Gasteiger partial charge in [-0.15, -0.1) is 0 Å². The summed E-state index contributed by atoms with van der Waals surface area (Å²) in [5.41, 5.74) is 1.67. The molecule has 4 nitrogen and oxygen atoms in total. The molecule has 2 amide bonds. The molecule has 1 atom stereocenters. The van der Waals surface area contributed by atoms with Crippen molar-refractivity contribution < 1.29 is 9.59 Å². The van der Waals surface area contributed by atoms with Gasteiger partial charge in [0.1, 0.15) is 5.54 Å². The van der Waals surface area contributed by atoms with E-state index < -0.39 is 5.54 Å². The van der Waals surface area contributed by atoms with Gasteiger partial charge in [0.25, 0.3) is 11.8 Å². The second-order valence-corrected chi connectivity index (χ2v) is 7.54. The molecule has 2 aromatic rings. The molecular formula is C22H24N2O2. The summed E-state index contributed by atoms with van der Waals surface area (Å²) in [5, 5.41) is 0. The summed E-state index contributed by atoms with van der Waals surface area (Å²) in [6.45, 7) is 4.66. The number of hydrogen-bond acceptors (Lipinski definition) is 2. The Labute approximate surface area is 154 Å². The smallest absolute Gasteiger partial charge is 0.256 e. The van der Waals surface area contributed by atoms with Crippen molar-refractivity contribution >= 4 is 17.5 Å². The maximum atomic E-state index is 13.8. The van der Waals surface area contributed by atoms with Gasteiger partial charge in [0.05, 0.1) is 11.3 Å². The average molecular weight is 348 g/mol. The molecular weight excluding hydrogens is 324 g/mol. The minimum Gasteiger partial charge on any atom is -0.323 e. The van der Waals surface area contributed by atoms with E-state index in [9.17, 15) is 9.59 Å². The molecule has 26 heavy (non-hydrogen) atoms. The average Bonchev–Trinajstić information content (AvgIpc) is 3.04. The Balaban J connectivity index is 1.89. The maximum absolute atomic E-state index is 13.8. The number of amides is 2. The highest BCUT2D eigenvalue weighted by Gasteiger charge is 2.54. The Morgan fingerprint density at radius 1 is 1.00 bits per heavy atom. The largest absolute Gasteiger partial charge is 0.323 e. The number of nitrogens with zero attached hydrogens (tertiary/aromatic N) is 2. The number of rotatable bonds is 3. The Hall–Kier alpha value is -2.62. The Bertz CT molecular complexity index is 846. The molecule has 4 heteroatoms. The molecule has 2 heterocycles. The highest BCUT2D eigenvalue weighted by molar-refractivity contribution is 6.13. The highest BCUT2D eigenvalue weighted by Crippen LogP contribution is 2.41. The standard InChI is InChI=1S/C22H24N2O2/c1-16(2)24-19-12-7-6-11-18(19)20(25)23-14-8-13-22(23,21(24)26)15-17-9-4-3-5-10-17/h3-7,9-12,16H,8,13-15H2,1-2H3/t22-/m1/s1. The Morgan fingerprint density at radius 2 is 1.69 bits per heavy atom. The van der Waals surface area contributed by atoms with Crippen molar-refractivity contribution in [2.45, 2.75) is 44.7 Å². The van der Waals surface area contributed by atoms with Crippen molar-refractivity contribution in [3.8, 4) is 0 Å². The number of carbonyl (C=O) groups excluding carboxylic acids is 2. The van der Waals surface area contributed by atoms with Crippen molar-refractivity contribution in [2.75, 3.05) is 11.4 Å². The van der Waals surface area contributed by atoms with E-state index in [2.05, 4.69) is 0 Å². The number of fused-ring (bicyclic) bond motifs is 2. The second kappa shape index (κ2) is 6.27. The fourth-order valence-corrected chi connectivity index (χ4v) is 4.45. The van der Waals surface area contributed by atoms with Gasteiger partial charge in [0.2, 0.25) is 0 Å². The molecule has 0 aromatic heterocycles. The number of hydrogen-bond donors (Lipinski definition) is 0. The van der Waals surface area contributed by atoms with Crippen LogP contribution in [-0.4, -0.2) is 34.8 Å². The van der Waals surface area contributed by atoms with Crippen LogP contribution in [0, 0.1) is 0 Å². The van der Waals surface area contributed by atoms with Crippen molar-refractivity contribution in [1.29, 1.82) is 0 Å². The fraction of sp³-hybridized carbons (Fsp3) is 0.364. The first kappa shape index (κ1) is 16.8. The Morgan fingerprint density at radius 3 is 2.42 bits per heavy atom. The first-order chi connectivity index (χ1) is 12.5. The van der Waals surface area contributed by atoms with Crippen LogP contribution < -0.4 is 4.90 Å². The third-order valence-electron chi connectivity index (χ3n) is 5.60. The lowest BCUT2D eigenvalue weighted by molar-refractivity contribution is -0.128. The zero-order chi connectivity index (χ0) is 18.3. The fourth-order valence-electron chi connectivity index (χ4n) is 4.45. The third kappa shape index (κ3) is 2.44. The summed E-state index contributed by atoms with van der Waals surface area (Å²) in [4.78, 5) is 30.9. The van der Waals surface area contributed by atoms with Crippen LogP contribution in [0.15, 0.2) is 54.6 Å². The van der Waals surface area contributed by atoms with Crippen molar-refractivity contribution in [2.24, 2.45) is 0 Å². The summed E-state index contributed by atoms with van der Waals surface area (Å²) in [5.74, 6) is 0.0256. The van der Waals surface area contributed by atoms with Crippen LogP contribution in [0.3, 0.4) is 0 Å². The topological polar surface area (TPSA) is 40.6 Å². The van der Waals surface area contributed by atoms with Gasteiger partial charge in [-0.2, -0.15) is 0 Å². The number of para-hydroxylation sites is 1. The van der Waals surface area contributed by atoms with Gasteiger partial charge in [-0.05, 0) is 44.4 Å².